The molecule has 3 rings (SSSR count). The predicted molar refractivity (Wildman–Crippen MR) is 116 cm³/mol. The van der Waals surface area contributed by atoms with Crippen LogP contribution in [-0.2, 0) is 27.2 Å². The molecule has 0 saturated carbocycles. The van der Waals surface area contributed by atoms with Crippen LogP contribution in [0.25, 0.3) is 0 Å². The van der Waals surface area contributed by atoms with Crippen molar-refractivity contribution in [2.45, 2.75) is 39.5 Å². The van der Waals surface area contributed by atoms with Crippen LogP contribution in [-0.4, -0.2) is 40.3 Å². The Hall–Kier alpha value is -3.40. The van der Waals surface area contributed by atoms with Gasteiger partial charge in [-0.3, -0.25) is 9.59 Å². The number of aromatic hydroxyl groups is 2. The zero-order chi connectivity index (χ0) is 22.5. The molecule has 0 spiro atoms. The van der Waals surface area contributed by atoms with Gasteiger partial charge in [0.1, 0.15) is 16.5 Å². The molecule has 1 aliphatic rings. The van der Waals surface area contributed by atoms with Crippen LogP contribution in [0, 0.1) is 0 Å². The second-order valence-electron chi connectivity index (χ2n) is 6.93. The predicted octanol–water partition coefficient (Wildman–Crippen LogP) is 2.69. The molecule has 10 heteroatoms. The van der Waals surface area contributed by atoms with Gasteiger partial charge in [-0.15, -0.1) is 11.3 Å². The maximum Gasteiger partial charge on any atom is 0.341 e. The van der Waals surface area contributed by atoms with Gasteiger partial charge < -0.3 is 20.3 Å². The number of hydrazone groups is 1. The molecule has 164 valence electrons. The van der Waals surface area contributed by atoms with Crippen molar-refractivity contribution in [3.05, 3.63) is 39.8 Å². The number of thiophene rings is 1. The largest absolute Gasteiger partial charge is 0.508 e. The van der Waals surface area contributed by atoms with Crippen LogP contribution in [0.4, 0.5) is 5.00 Å². The van der Waals surface area contributed by atoms with Crippen molar-refractivity contribution in [3.63, 3.8) is 0 Å². The number of ether oxygens (including phenoxy) is 1. The Morgan fingerprint density at radius 2 is 1.90 bits per heavy atom. The van der Waals surface area contributed by atoms with Gasteiger partial charge in [-0.2, -0.15) is 5.10 Å². The van der Waals surface area contributed by atoms with Crippen LogP contribution in [0.1, 0.15) is 53.1 Å². The van der Waals surface area contributed by atoms with Crippen molar-refractivity contribution in [2.75, 3.05) is 11.9 Å². The van der Waals surface area contributed by atoms with E-state index in [0.29, 0.717) is 10.6 Å². The summed E-state index contributed by atoms with van der Waals surface area (Å²) >= 11 is 1.28. The van der Waals surface area contributed by atoms with Gasteiger partial charge in [0.25, 0.3) is 0 Å². The van der Waals surface area contributed by atoms with E-state index in [0.717, 1.165) is 42.2 Å². The van der Waals surface area contributed by atoms with E-state index in [4.69, 9.17) is 4.74 Å². The summed E-state index contributed by atoms with van der Waals surface area (Å²) in [6.45, 7) is 3.43. The van der Waals surface area contributed by atoms with Crippen LogP contribution >= 0.6 is 11.3 Å². The minimum Gasteiger partial charge on any atom is -0.508 e. The van der Waals surface area contributed by atoms with E-state index in [1.165, 1.54) is 30.4 Å². The van der Waals surface area contributed by atoms with Gasteiger partial charge in [-0.05, 0) is 57.2 Å². The van der Waals surface area contributed by atoms with Crippen LogP contribution < -0.4 is 10.7 Å². The summed E-state index contributed by atoms with van der Waals surface area (Å²) in [6, 6.07) is 3.92. The summed E-state index contributed by atoms with van der Waals surface area (Å²) in [5, 5.41) is 25.8. The van der Waals surface area contributed by atoms with Gasteiger partial charge in [-0.1, -0.05) is 0 Å². The van der Waals surface area contributed by atoms with E-state index < -0.39 is 17.8 Å². The number of hydrogen-bond donors (Lipinski definition) is 4. The standard InChI is InChI=1S/C21H23N3O6S/c1-3-30-21(29)17-14-6-4-5-7-16(14)31-20(17)22-18(27)19(28)24-23-11(2)13-9-8-12(25)10-15(13)26/h8-10,25-26H,3-7H2,1-2H3,(H,22,27)(H,24,28)/b23-11+. The number of amides is 2. The number of esters is 1. The molecule has 4 N–H and O–H groups in total. The van der Waals surface area contributed by atoms with Gasteiger partial charge in [0.05, 0.1) is 17.9 Å². The molecule has 0 atom stereocenters. The van der Waals surface area contributed by atoms with E-state index in [1.54, 1.807) is 6.92 Å². The minimum absolute atomic E-state index is 0.117. The molecular formula is C21H23N3O6S. The van der Waals surface area contributed by atoms with Crippen molar-refractivity contribution in [2.24, 2.45) is 5.10 Å². The van der Waals surface area contributed by atoms with Crippen molar-refractivity contribution in [1.29, 1.82) is 0 Å². The number of fused-ring (bicyclic) bond motifs is 1. The lowest BCUT2D eigenvalue weighted by Gasteiger charge is -2.12. The Morgan fingerprint density at radius 3 is 2.61 bits per heavy atom. The highest BCUT2D eigenvalue weighted by molar-refractivity contribution is 7.17. The normalized spacial score (nSPS) is 13.3. The first-order valence-electron chi connectivity index (χ1n) is 9.81. The molecule has 9 nitrogen and oxygen atoms in total. The van der Waals surface area contributed by atoms with E-state index in [-0.39, 0.29) is 29.4 Å². The molecule has 1 aliphatic carbocycles. The molecule has 0 unspecified atom stereocenters. The fourth-order valence-corrected chi connectivity index (χ4v) is 4.58. The molecule has 2 amide bonds. The highest BCUT2D eigenvalue weighted by Crippen LogP contribution is 2.38. The van der Waals surface area contributed by atoms with Crippen LogP contribution in [0.5, 0.6) is 11.5 Å². The lowest BCUT2D eigenvalue weighted by Crippen LogP contribution is -2.33. The Morgan fingerprint density at radius 1 is 1.16 bits per heavy atom. The quantitative estimate of drug-likeness (QED) is 0.242. The number of phenolic OH excluding ortho intramolecular Hbond substituents is 2. The number of aryl methyl sites for hydroxylation is 1. The van der Waals surface area contributed by atoms with Gasteiger partial charge >= 0.3 is 17.8 Å². The number of hydrogen-bond acceptors (Lipinski definition) is 8. The molecule has 2 aromatic rings. The van der Waals surface area contributed by atoms with Crippen molar-refractivity contribution >= 4 is 39.8 Å². The van der Waals surface area contributed by atoms with E-state index in [9.17, 15) is 24.6 Å². The van der Waals surface area contributed by atoms with Gasteiger partial charge in [0.2, 0.25) is 0 Å². The summed E-state index contributed by atoms with van der Waals surface area (Å²) in [6.07, 6.45) is 3.49. The maximum atomic E-state index is 12.4. The summed E-state index contributed by atoms with van der Waals surface area (Å²) in [5.74, 6) is -2.86. The van der Waals surface area contributed by atoms with E-state index >= 15 is 0 Å². The zero-order valence-corrected chi connectivity index (χ0v) is 18.0. The average molecular weight is 445 g/mol. The molecule has 0 radical (unpaired) electrons. The lowest BCUT2D eigenvalue weighted by atomic mass is 9.95. The highest BCUT2D eigenvalue weighted by atomic mass is 32.1. The Kier molecular flexibility index (Phi) is 6.91. The number of phenols is 2. The minimum atomic E-state index is -1.03. The number of rotatable bonds is 5. The number of carbonyl (C=O) groups excluding carboxylic acids is 3. The van der Waals surface area contributed by atoms with Gasteiger partial charge in [0, 0.05) is 16.5 Å². The Labute approximate surface area is 182 Å². The zero-order valence-electron chi connectivity index (χ0n) is 17.2. The first-order valence-corrected chi connectivity index (χ1v) is 10.6. The molecule has 0 bridgehead atoms. The number of nitrogens with zero attached hydrogens (tertiary/aromatic N) is 1. The van der Waals surface area contributed by atoms with Crippen molar-refractivity contribution in [1.82, 2.24) is 5.43 Å². The average Bonchev–Trinajstić information content (AvgIpc) is 3.09. The molecule has 0 fully saturated rings. The summed E-state index contributed by atoms with van der Waals surface area (Å²) in [7, 11) is 0. The van der Waals surface area contributed by atoms with Gasteiger partial charge in [-0.25, -0.2) is 10.2 Å². The fourth-order valence-electron chi connectivity index (χ4n) is 3.30. The summed E-state index contributed by atoms with van der Waals surface area (Å²) in [5.41, 5.74) is 3.84. The van der Waals surface area contributed by atoms with Crippen molar-refractivity contribution < 1.29 is 29.3 Å². The number of carbonyl (C=O) groups is 3. The Balaban J connectivity index is 1.74. The summed E-state index contributed by atoms with van der Waals surface area (Å²) < 4.78 is 5.14. The fraction of sp³-hybridized carbons (Fsp3) is 0.333. The van der Waals surface area contributed by atoms with E-state index in [1.807, 2.05) is 0 Å². The molecule has 0 saturated heterocycles. The Bertz CT molecular complexity index is 1060. The molecule has 1 aromatic heterocycles. The van der Waals surface area contributed by atoms with Crippen LogP contribution in [0.2, 0.25) is 0 Å². The molecule has 1 heterocycles. The second kappa shape index (κ2) is 9.61. The second-order valence-corrected chi connectivity index (χ2v) is 8.03. The number of benzene rings is 1. The molecule has 31 heavy (non-hydrogen) atoms. The highest BCUT2D eigenvalue weighted by Gasteiger charge is 2.28. The third-order valence-corrected chi connectivity index (χ3v) is 5.99. The van der Waals surface area contributed by atoms with E-state index in [2.05, 4.69) is 15.8 Å². The smallest absolute Gasteiger partial charge is 0.341 e. The number of nitrogens with one attached hydrogen (secondary N) is 2. The first-order chi connectivity index (χ1) is 14.8. The SMILES string of the molecule is CCOC(=O)c1c(NC(=O)C(=O)N/N=C(\C)c2ccc(O)cc2O)sc2c1CCCC2. The first kappa shape index (κ1) is 22.3. The maximum absolute atomic E-state index is 12.4. The third-order valence-electron chi connectivity index (χ3n) is 4.78. The molecule has 1 aromatic carbocycles. The van der Waals surface area contributed by atoms with Gasteiger partial charge in [0.15, 0.2) is 0 Å². The van der Waals surface area contributed by atoms with Crippen molar-refractivity contribution in [3.8, 4) is 11.5 Å². The molecule has 0 aliphatic heterocycles. The monoisotopic (exact) mass is 445 g/mol. The number of anilines is 1. The van der Waals surface area contributed by atoms with Crippen LogP contribution in [0.15, 0.2) is 23.3 Å². The summed E-state index contributed by atoms with van der Waals surface area (Å²) in [4.78, 5) is 38.1. The van der Waals surface area contributed by atoms with Crippen LogP contribution in [0.3, 0.4) is 0 Å². The third kappa shape index (κ3) is 5.02. The molecular weight excluding hydrogens is 422 g/mol. The topological polar surface area (TPSA) is 137 Å². The lowest BCUT2D eigenvalue weighted by molar-refractivity contribution is -0.136.